The average molecular weight is 356 g/mol. The van der Waals surface area contributed by atoms with Crippen molar-refractivity contribution in [2.45, 2.75) is 6.92 Å². The monoisotopic (exact) mass is 355 g/mol. The smallest absolute Gasteiger partial charge is 0.312 e. The van der Waals surface area contributed by atoms with Gasteiger partial charge in [0.05, 0.1) is 11.1 Å². The Morgan fingerprint density at radius 3 is 2.86 bits per heavy atom. The number of aromatic nitrogens is 3. The number of hydrogen-bond donors (Lipinski definition) is 3. The highest BCUT2D eigenvalue weighted by atomic mass is 79.9. The van der Waals surface area contributed by atoms with E-state index in [0.29, 0.717) is 10.3 Å². The summed E-state index contributed by atoms with van der Waals surface area (Å²) in [6.45, 7) is 1.66. The van der Waals surface area contributed by atoms with Crippen LogP contribution in [0.3, 0.4) is 0 Å². The van der Waals surface area contributed by atoms with Crippen molar-refractivity contribution in [3.05, 3.63) is 38.1 Å². The van der Waals surface area contributed by atoms with Crippen molar-refractivity contribution < 1.29 is 10.0 Å². The number of aryl methyl sites for hydroxylation is 1. The molecule has 0 saturated heterocycles. The topological polar surface area (TPSA) is 144 Å². The summed E-state index contributed by atoms with van der Waals surface area (Å²) in [4.78, 5) is 10.1. The molecule has 0 amide bonds. The summed E-state index contributed by atoms with van der Waals surface area (Å²) in [6.07, 6.45) is 1.21. The van der Waals surface area contributed by atoms with E-state index < -0.39 is 16.4 Å². The van der Waals surface area contributed by atoms with Gasteiger partial charge in [-0.15, -0.1) is 10.2 Å². The number of nitro groups is 1. The van der Waals surface area contributed by atoms with Crippen molar-refractivity contribution in [2.75, 3.05) is 11.3 Å². The molecular weight excluding hydrogens is 346 g/mol. The van der Waals surface area contributed by atoms with E-state index in [1.165, 1.54) is 23.0 Å². The second-order valence-electron chi connectivity index (χ2n) is 3.93. The Morgan fingerprint density at radius 2 is 2.29 bits per heavy atom. The lowest BCUT2D eigenvalue weighted by atomic mass is 10.2. The minimum Gasteiger partial charge on any atom is -0.502 e. The number of nitro benzene ring substituents is 1. The highest BCUT2D eigenvalue weighted by molar-refractivity contribution is 9.10. The number of anilines is 1. The fraction of sp³-hybridized carbons (Fsp3) is 0.100. The lowest BCUT2D eigenvalue weighted by Gasteiger charge is -2.02. The number of aromatic hydroxyl groups is 1. The van der Waals surface area contributed by atoms with Crippen LogP contribution in [-0.4, -0.2) is 31.1 Å². The summed E-state index contributed by atoms with van der Waals surface area (Å²) in [5, 5.41) is 31.8. The maximum absolute atomic E-state index is 10.8. The first-order chi connectivity index (χ1) is 9.90. The fourth-order valence-corrected chi connectivity index (χ4v) is 1.91. The first-order valence-electron chi connectivity index (χ1n) is 5.53. The van der Waals surface area contributed by atoms with Gasteiger partial charge in [0.2, 0.25) is 5.75 Å². The van der Waals surface area contributed by atoms with Gasteiger partial charge in [-0.25, -0.2) is 10.1 Å². The number of nitrogens with two attached hydrogens (primary N) is 1. The van der Waals surface area contributed by atoms with Crippen LogP contribution >= 0.6 is 15.9 Å². The SMILES string of the molecule is Cc1nnc(N/N=C\c2cc(Br)cc([N+](=O)[O-])c2O)n1N. The third kappa shape index (κ3) is 3.08. The van der Waals surface area contributed by atoms with Gasteiger partial charge in [-0.2, -0.15) is 5.10 Å². The van der Waals surface area contributed by atoms with Crippen LogP contribution in [0.25, 0.3) is 0 Å². The van der Waals surface area contributed by atoms with E-state index in [9.17, 15) is 15.2 Å². The van der Waals surface area contributed by atoms with Crippen LogP contribution in [-0.2, 0) is 0 Å². The zero-order valence-corrected chi connectivity index (χ0v) is 12.3. The summed E-state index contributed by atoms with van der Waals surface area (Å²) in [5.41, 5.74) is 2.24. The van der Waals surface area contributed by atoms with Gasteiger partial charge >= 0.3 is 5.69 Å². The number of hydrazone groups is 1. The summed E-state index contributed by atoms with van der Waals surface area (Å²) in [7, 11) is 0. The summed E-state index contributed by atoms with van der Waals surface area (Å²) < 4.78 is 1.62. The van der Waals surface area contributed by atoms with E-state index in [1.807, 2.05) is 0 Å². The Balaban J connectivity index is 2.25. The number of nitrogens with zero attached hydrogens (tertiary/aromatic N) is 5. The number of nitrogen functional groups attached to an aromatic ring is 1. The largest absolute Gasteiger partial charge is 0.502 e. The van der Waals surface area contributed by atoms with Crippen LogP contribution in [0.1, 0.15) is 11.4 Å². The average Bonchev–Trinajstić information content (AvgIpc) is 2.74. The molecule has 1 aromatic heterocycles. The summed E-state index contributed by atoms with van der Waals surface area (Å²) in [6, 6.07) is 2.67. The van der Waals surface area contributed by atoms with Gasteiger partial charge < -0.3 is 10.9 Å². The lowest BCUT2D eigenvalue weighted by Crippen LogP contribution is -2.13. The molecule has 0 unspecified atom stereocenters. The number of rotatable bonds is 4. The standard InChI is InChI=1S/C10H10BrN7O3/c1-5-14-16-10(17(5)12)15-13-4-6-2-7(11)3-8(9(6)19)18(20)21/h2-4,19H,12H2,1H3,(H,15,16)/b13-4-. The van der Waals surface area contributed by atoms with Crippen molar-refractivity contribution in [2.24, 2.45) is 5.10 Å². The molecule has 11 heteroatoms. The predicted molar refractivity (Wildman–Crippen MR) is 78.6 cm³/mol. The van der Waals surface area contributed by atoms with E-state index in [1.54, 1.807) is 6.92 Å². The van der Waals surface area contributed by atoms with E-state index >= 15 is 0 Å². The molecule has 0 bridgehead atoms. The molecule has 1 heterocycles. The molecule has 4 N–H and O–H groups in total. The van der Waals surface area contributed by atoms with Crippen LogP contribution in [0.2, 0.25) is 0 Å². The van der Waals surface area contributed by atoms with Crippen molar-refractivity contribution >= 4 is 33.8 Å². The maximum atomic E-state index is 10.8. The van der Waals surface area contributed by atoms with E-state index in [-0.39, 0.29) is 11.5 Å². The normalized spacial score (nSPS) is 11.0. The molecular formula is C10H10BrN7O3. The maximum Gasteiger partial charge on any atom is 0.312 e. The van der Waals surface area contributed by atoms with Gasteiger partial charge in [0.25, 0.3) is 5.95 Å². The van der Waals surface area contributed by atoms with Gasteiger partial charge in [0.15, 0.2) is 5.82 Å². The molecule has 10 nitrogen and oxygen atoms in total. The molecule has 0 aliphatic rings. The van der Waals surface area contributed by atoms with Gasteiger partial charge in [-0.3, -0.25) is 10.1 Å². The summed E-state index contributed by atoms with van der Waals surface area (Å²) >= 11 is 3.12. The zero-order valence-electron chi connectivity index (χ0n) is 10.7. The first kappa shape index (κ1) is 14.7. The number of phenols is 1. The predicted octanol–water partition coefficient (Wildman–Crippen LogP) is 1.12. The van der Waals surface area contributed by atoms with Crippen LogP contribution < -0.4 is 11.3 Å². The number of phenolic OH excluding ortho intramolecular Hbond substituents is 1. The molecule has 0 fully saturated rings. The van der Waals surface area contributed by atoms with E-state index in [4.69, 9.17) is 5.84 Å². The Kier molecular flexibility index (Phi) is 4.03. The summed E-state index contributed by atoms with van der Waals surface area (Å²) in [5.74, 6) is 5.79. The highest BCUT2D eigenvalue weighted by Gasteiger charge is 2.17. The minimum absolute atomic E-state index is 0.156. The van der Waals surface area contributed by atoms with Crippen molar-refractivity contribution in [3.8, 4) is 5.75 Å². The molecule has 0 radical (unpaired) electrons. The lowest BCUT2D eigenvalue weighted by molar-refractivity contribution is -0.385. The molecule has 0 aliphatic carbocycles. The van der Waals surface area contributed by atoms with Crippen molar-refractivity contribution in [3.63, 3.8) is 0 Å². The molecule has 0 saturated carbocycles. The molecule has 0 aliphatic heterocycles. The van der Waals surface area contributed by atoms with E-state index in [2.05, 4.69) is 36.7 Å². The molecule has 0 atom stereocenters. The number of nitrogens with one attached hydrogen (secondary N) is 1. The highest BCUT2D eigenvalue weighted by Crippen LogP contribution is 2.32. The molecule has 21 heavy (non-hydrogen) atoms. The molecule has 1 aromatic carbocycles. The van der Waals surface area contributed by atoms with Crippen molar-refractivity contribution in [1.29, 1.82) is 0 Å². The van der Waals surface area contributed by atoms with Crippen LogP contribution in [0.15, 0.2) is 21.7 Å². The Hall–Kier alpha value is -2.69. The number of hydrogen-bond acceptors (Lipinski definition) is 8. The van der Waals surface area contributed by atoms with Gasteiger partial charge in [-0.05, 0) is 13.0 Å². The van der Waals surface area contributed by atoms with Gasteiger partial charge in [0, 0.05) is 16.1 Å². The second-order valence-corrected chi connectivity index (χ2v) is 4.85. The molecule has 0 spiro atoms. The molecule has 2 rings (SSSR count). The van der Waals surface area contributed by atoms with Crippen LogP contribution in [0.5, 0.6) is 5.75 Å². The van der Waals surface area contributed by atoms with Crippen LogP contribution in [0.4, 0.5) is 11.6 Å². The minimum atomic E-state index is -0.690. The van der Waals surface area contributed by atoms with Gasteiger partial charge in [-0.1, -0.05) is 15.9 Å². The Morgan fingerprint density at radius 1 is 1.57 bits per heavy atom. The second kappa shape index (κ2) is 5.75. The number of benzene rings is 1. The van der Waals surface area contributed by atoms with Crippen LogP contribution in [0, 0.1) is 17.0 Å². The molecule has 110 valence electrons. The quantitative estimate of drug-likeness (QED) is 0.322. The fourth-order valence-electron chi connectivity index (χ4n) is 1.45. The first-order valence-corrected chi connectivity index (χ1v) is 6.32. The zero-order chi connectivity index (χ0) is 15.6. The number of halogens is 1. The Bertz CT molecular complexity index is 728. The third-order valence-corrected chi connectivity index (χ3v) is 2.97. The molecule has 2 aromatic rings. The van der Waals surface area contributed by atoms with Gasteiger partial charge in [0.1, 0.15) is 0 Å². The third-order valence-electron chi connectivity index (χ3n) is 2.52. The van der Waals surface area contributed by atoms with E-state index in [0.717, 1.165) is 0 Å². The van der Waals surface area contributed by atoms with Crippen molar-refractivity contribution in [1.82, 2.24) is 14.9 Å². The Labute approximate surface area is 126 Å².